The summed E-state index contributed by atoms with van der Waals surface area (Å²) < 4.78 is 27.4. The van der Waals surface area contributed by atoms with E-state index in [4.69, 9.17) is 0 Å². The minimum absolute atomic E-state index is 0.0778. The van der Waals surface area contributed by atoms with Crippen LogP contribution in [0.15, 0.2) is 54.7 Å². The fourth-order valence-corrected chi connectivity index (χ4v) is 5.41. The fourth-order valence-electron chi connectivity index (χ4n) is 4.48. The summed E-state index contributed by atoms with van der Waals surface area (Å²) in [5.41, 5.74) is 3.63. The lowest BCUT2D eigenvalue weighted by Gasteiger charge is -2.24. The van der Waals surface area contributed by atoms with Crippen LogP contribution in [-0.2, 0) is 6.42 Å². The Morgan fingerprint density at radius 2 is 1.70 bits per heavy atom. The molecule has 2 N–H and O–H groups in total. The van der Waals surface area contributed by atoms with Crippen LogP contribution in [-0.4, -0.2) is 45.4 Å². The topological polar surface area (TPSA) is 95.2 Å². The molecule has 0 bridgehead atoms. The molecule has 0 saturated carbocycles. The minimum Gasteiger partial charge on any atom is -0.346 e. The molecular weight excluding hydrogens is 498 g/mol. The van der Waals surface area contributed by atoms with E-state index in [1.165, 1.54) is 17.4 Å². The third kappa shape index (κ3) is 4.67. The first kappa shape index (κ1) is 24.5. The van der Waals surface area contributed by atoms with Gasteiger partial charge >= 0.3 is 0 Å². The first-order chi connectivity index (χ1) is 17.7. The highest BCUT2D eigenvalue weighted by molar-refractivity contribution is 7.14. The van der Waals surface area contributed by atoms with Crippen molar-refractivity contribution in [2.45, 2.75) is 26.3 Å². The second-order valence-corrected chi connectivity index (χ2v) is 10.1. The van der Waals surface area contributed by atoms with Gasteiger partial charge < -0.3 is 5.32 Å². The van der Waals surface area contributed by atoms with Crippen molar-refractivity contribution in [2.75, 3.05) is 6.54 Å². The molecule has 4 aromatic rings. The van der Waals surface area contributed by atoms with Crippen LogP contribution >= 0.6 is 11.3 Å². The maximum atomic E-state index is 13.9. The highest BCUT2D eigenvalue weighted by Gasteiger charge is 2.37. The number of thiophene rings is 1. The number of fused-ring (bicyclic) bond motifs is 1. The molecule has 0 saturated heterocycles. The fraction of sp³-hybridized carbons (Fsp3) is 0.185. The predicted octanol–water partition coefficient (Wildman–Crippen LogP) is 4.67. The number of carbonyl (C=O) groups excluding carboxylic acids is 3. The first-order valence-electron chi connectivity index (χ1n) is 11.5. The van der Waals surface area contributed by atoms with Crippen molar-refractivity contribution in [1.29, 1.82) is 0 Å². The molecule has 3 amide bonds. The van der Waals surface area contributed by atoms with Crippen molar-refractivity contribution in [3.05, 3.63) is 98.5 Å². The van der Waals surface area contributed by atoms with Crippen LogP contribution in [0.1, 0.15) is 46.5 Å². The minimum atomic E-state index is -1.02. The van der Waals surface area contributed by atoms with Crippen molar-refractivity contribution in [3.63, 3.8) is 0 Å². The summed E-state index contributed by atoms with van der Waals surface area (Å²) >= 11 is 1.30. The molecule has 188 valence electrons. The molecule has 0 radical (unpaired) electrons. The molecule has 1 unspecified atom stereocenters. The Balaban J connectivity index is 1.41. The van der Waals surface area contributed by atoms with E-state index < -0.39 is 35.4 Å². The maximum absolute atomic E-state index is 13.9. The number of aryl methyl sites for hydroxylation is 2. The van der Waals surface area contributed by atoms with E-state index in [9.17, 15) is 23.2 Å². The summed E-state index contributed by atoms with van der Waals surface area (Å²) in [6.07, 6.45) is 1.77. The van der Waals surface area contributed by atoms with E-state index in [0.717, 1.165) is 38.7 Å². The van der Waals surface area contributed by atoms with Gasteiger partial charge in [0.25, 0.3) is 17.7 Å². The summed E-state index contributed by atoms with van der Waals surface area (Å²) in [6, 6.07) is 11.0. The molecule has 1 aliphatic heterocycles. The number of hydrogen-bond acceptors (Lipinski definition) is 5. The molecule has 2 aromatic heterocycles. The number of hydrogen-bond donors (Lipinski definition) is 2. The molecule has 1 aliphatic rings. The number of nitrogens with one attached hydrogen (secondary N) is 2. The number of aromatic amines is 1. The van der Waals surface area contributed by atoms with Gasteiger partial charge in [0.1, 0.15) is 0 Å². The van der Waals surface area contributed by atoms with E-state index in [-0.39, 0.29) is 13.0 Å². The molecule has 5 rings (SSSR count). The highest BCUT2D eigenvalue weighted by Crippen LogP contribution is 2.32. The number of nitrogens with zero attached hydrogens (tertiary/aromatic N) is 2. The summed E-state index contributed by atoms with van der Waals surface area (Å²) in [7, 11) is 0. The number of imide groups is 1. The van der Waals surface area contributed by atoms with Crippen LogP contribution in [0.4, 0.5) is 8.78 Å². The maximum Gasteiger partial charge on any atom is 0.261 e. The predicted molar refractivity (Wildman–Crippen MR) is 134 cm³/mol. The Labute approximate surface area is 215 Å². The molecule has 37 heavy (non-hydrogen) atoms. The Hall–Kier alpha value is -4.18. The first-order valence-corrected chi connectivity index (χ1v) is 12.4. The number of rotatable bonds is 7. The monoisotopic (exact) mass is 520 g/mol. The Bertz CT molecular complexity index is 1510. The summed E-state index contributed by atoms with van der Waals surface area (Å²) in [4.78, 5) is 41.6. The molecular formula is C27H22F2N4O3S. The van der Waals surface area contributed by atoms with Crippen LogP contribution in [0.3, 0.4) is 0 Å². The Morgan fingerprint density at radius 3 is 2.32 bits per heavy atom. The second kappa shape index (κ2) is 9.70. The smallest absolute Gasteiger partial charge is 0.261 e. The largest absolute Gasteiger partial charge is 0.346 e. The van der Waals surface area contributed by atoms with Gasteiger partial charge in [-0.3, -0.25) is 24.4 Å². The zero-order valence-corrected chi connectivity index (χ0v) is 20.8. The molecule has 0 aliphatic carbocycles. The van der Waals surface area contributed by atoms with Crippen molar-refractivity contribution >= 4 is 29.1 Å². The normalized spacial score (nSPS) is 13.7. The van der Waals surface area contributed by atoms with Crippen molar-refractivity contribution < 1.29 is 23.2 Å². The van der Waals surface area contributed by atoms with Crippen molar-refractivity contribution in [1.82, 2.24) is 20.4 Å². The van der Waals surface area contributed by atoms with Crippen LogP contribution < -0.4 is 5.32 Å². The number of benzene rings is 2. The van der Waals surface area contributed by atoms with Gasteiger partial charge in [0.15, 0.2) is 11.6 Å². The van der Waals surface area contributed by atoms with Gasteiger partial charge in [-0.1, -0.05) is 18.2 Å². The number of H-pyrrole nitrogens is 1. The van der Waals surface area contributed by atoms with Crippen molar-refractivity contribution in [2.24, 2.45) is 0 Å². The van der Waals surface area contributed by atoms with E-state index in [1.54, 1.807) is 36.5 Å². The van der Waals surface area contributed by atoms with Gasteiger partial charge in [0.2, 0.25) is 0 Å². The molecule has 0 fully saturated rings. The lowest BCUT2D eigenvalue weighted by atomic mass is 10.0. The molecule has 7 nitrogen and oxygen atoms in total. The highest BCUT2D eigenvalue weighted by atomic mass is 32.1. The second-order valence-electron chi connectivity index (χ2n) is 8.88. The van der Waals surface area contributed by atoms with Gasteiger partial charge in [0, 0.05) is 22.7 Å². The Morgan fingerprint density at radius 1 is 1.00 bits per heavy atom. The van der Waals surface area contributed by atoms with Crippen LogP contribution in [0, 0.1) is 25.5 Å². The summed E-state index contributed by atoms with van der Waals surface area (Å²) in [5.74, 6) is -3.33. The molecule has 10 heteroatoms. The zero-order valence-electron chi connectivity index (χ0n) is 20.0. The van der Waals surface area contributed by atoms with Gasteiger partial charge in [-0.15, -0.1) is 11.3 Å². The van der Waals surface area contributed by atoms with Crippen LogP contribution in [0.25, 0.3) is 11.1 Å². The average molecular weight is 521 g/mol. The summed E-state index contributed by atoms with van der Waals surface area (Å²) in [5, 5.41) is 9.82. The zero-order chi connectivity index (χ0) is 26.3. The third-order valence-electron chi connectivity index (χ3n) is 6.34. The number of aromatic nitrogens is 2. The standard InChI is InChI=1S/C27H22F2N4O3S/c1-14-21(12-30-32-14)20-11-24(37-15(20)2)25(34)31-17(9-16-7-8-22(28)23(29)10-16)13-33-26(35)18-5-3-4-6-19(18)27(33)36/h3-8,10-12,17H,9,13H2,1-2H3,(H,30,32)(H,31,34). The third-order valence-corrected chi connectivity index (χ3v) is 7.39. The van der Waals surface area contributed by atoms with E-state index in [1.807, 2.05) is 13.8 Å². The average Bonchev–Trinajstić information content (AvgIpc) is 3.54. The lowest BCUT2D eigenvalue weighted by Crippen LogP contribution is -2.46. The number of halogens is 2. The number of amides is 3. The number of carbonyl (C=O) groups is 3. The van der Waals surface area contributed by atoms with E-state index in [2.05, 4.69) is 15.5 Å². The quantitative estimate of drug-likeness (QED) is 0.346. The summed E-state index contributed by atoms with van der Waals surface area (Å²) in [6.45, 7) is 3.66. The molecule has 1 atom stereocenters. The van der Waals surface area contributed by atoms with Gasteiger partial charge in [-0.2, -0.15) is 5.10 Å². The van der Waals surface area contributed by atoms with Gasteiger partial charge in [-0.05, 0) is 61.7 Å². The van der Waals surface area contributed by atoms with E-state index >= 15 is 0 Å². The van der Waals surface area contributed by atoms with Crippen molar-refractivity contribution in [3.8, 4) is 11.1 Å². The van der Waals surface area contributed by atoms with E-state index in [0.29, 0.717) is 21.6 Å². The lowest BCUT2D eigenvalue weighted by molar-refractivity contribution is 0.0629. The molecule has 2 aromatic carbocycles. The van der Waals surface area contributed by atoms with Crippen LogP contribution in [0.2, 0.25) is 0 Å². The van der Waals surface area contributed by atoms with Gasteiger partial charge in [-0.25, -0.2) is 8.78 Å². The van der Waals surface area contributed by atoms with Crippen LogP contribution in [0.5, 0.6) is 0 Å². The molecule has 0 spiro atoms. The molecule has 3 heterocycles. The Kier molecular flexibility index (Phi) is 6.43. The van der Waals surface area contributed by atoms with Gasteiger partial charge in [0.05, 0.1) is 28.2 Å². The SMILES string of the molecule is Cc1[nH]ncc1-c1cc(C(=O)NC(Cc2ccc(F)c(F)c2)CN2C(=O)c3ccccc3C2=O)sc1C.